The lowest BCUT2D eigenvalue weighted by Gasteiger charge is -2.14. The van der Waals surface area contributed by atoms with Crippen LogP contribution in [0, 0.1) is 0 Å². The Kier molecular flexibility index (Phi) is 17.4. The maximum atomic E-state index is 10.4. The summed E-state index contributed by atoms with van der Waals surface area (Å²) >= 11 is 0. The molecular formula is C36H61N5O2. The average Bonchev–Trinajstić information content (AvgIpc) is 3.38. The average molecular weight is 596 g/mol. The van der Waals surface area contributed by atoms with Gasteiger partial charge in [0.05, 0.1) is 5.52 Å². The van der Waals surface area contributed by atoms with E-state index in [1.165, 1.54) is 89.9 Å². The number of anilines is 1. The van der Waals surface area contributed by atoms with Gasteiger partial charge in [0.1, 0.15) is 29.7 Å². The predicted molar refractivity (Wildman–Crippen MR) is 182 cm³/mol. The summed E-state index contributed by atoms with van der Waals surface area (Å²) in [6.07, 6.45) is 25.7. The van der Waals surface area contributed by atoms with Crippen LogP contribution < -0.4 is 15.9 Å². The summed E-state index contributed by atoms with van der Waals surface area (Å²) in [7, 11) is 0. The van der Waals surface area contributed by atoms with Crippen LogP contribution in [-0.4, -0.2) is 39.2 Å². The van der Waals surface area contributed by atoms with Gasteiger partial charge in [-0.1, -0.05) is 128 Å². The number of pyridine rings is 1. The van der Waals surface area contributed by atoms with E-state index in [0.717, 1.165) is 73.7 Å². The number of aliphatic hydroxyl groups is 1. The fourth-order valence-corrected chi connectivity index (χ4v) is 5.92. The van der Waals surface area contributed by atoms with Gasteiger partial charge in [-0.25, -0.2) is 9.97 Å². The van der Waals surface area contributed by atoms with E-state index in [-0.39, 0.29) is 0 Å². The molecule has 0 aliphatic rings. The van der Waals surface area contributed by atoms with Crippen molar-refractivity contribution in [3.05, 3.63) is 30.1 Å². The third-order valence-electron chi connectivity index (χ3n) is 8.55. The van der Waals surface area contributed by atoms with Crippen LogP contribution in [0.1, 0.15) is 148 Å². The Balaban J connectivity index is 1.23. The number of para-hydroxylation sites is 1. The van der Waals surface area contributed by atoms with Crippen LogP contribution >= 0.6 is 0 Å². The molecule has 2 aromatic heterocycles. The van der Waals surface area contributed by atoms with Gasteiger partial charge in [-0.3, -0.25) is 5.32 Å². The summed E-state index contributed by atoms with van der Waals surface area (Å²) < 4.78 is 1.89. The van der Waals surface area contributed by atoms with Crippen molar-refractivity contribution in [2.24, 2.45) is 0 Å². The first-order chi connectivity index (χ1) is 21.2. The van der Waals surface area contributed by atoms with E-state index >= 15 is 0 Å². The highest BCUT2D eigenvalue weighted by Crippen LogP contribution is 2.28. The number of aliphatic hydroxyl groups excluding tert-OH is 1. The molecule has 0 saturated heterocycles. The van der Waals surface area contributed by atoms with E-state index in [4.69, 9.17) is 15.6 Å². The highest BCUT2D eigenvalue weighted by atomic mass is 16.7. The predicted octanol–water partition coefficient (Wildman–Crippen LogP) is 8.89. The zero-order valence-electron chi connectivity index (χ0n) is 27.4. The Morgan fingerprint density at radius 1 is 0.767 bits per heavy atom. The maximum absolute atomic E-state index is 10.4. The molecule has 0 amide bonds. The molecule has 242 valence electrons. The number of aryl methyl sites for hydroxylation is 1. The summed E-state index contributed by atoms with van der Waals surface area (Å²) in [5, 5.41) is 14.6. The molecule has 2 heterocycles. The number of unbranched alkanes of at least 4 members (excludes halogenated alkanes) is 16. The van der Waals surface area contributed by atoms with Gasteiger partial charge in [0.2, 0.25) is 0 Å². The van der Waals surface area contributed by atoms with Crippen molar-refractivity contribution in [2.45, 2.75) is 155 Å². The minimum atomic E-state index is -0.414. The largest absolute Gasteiger partial charge is 0.412 e. The molecule has 7 nitrogen and oxygen atoms in total. The first kappa shape index (κ1) is 35.1. The van der Waals surface area contributed by atoms with Crippen molar-refractivity contribution in [1.82, 2.24) is 20.0 Å². The summed E-state index contributed by atoms with van der Waals surface area (Å²) in [5.74, 6) is 1.35. The Morgan fingerprint density at radius 3 is 2.02 bits per heavy atom. The molecule has 7 heteroatoms. The van der Waals surface area contributed by atoms with Gasteiger partial charge < -0.3 is 15.7 Å². The molecule has 0 radical (unpaired) electrons. The van der Waals surface area contributed by atoms with E-state index < -0.39 is 6.23 Å². The highest BCUT2D eigenvalue weighted by Gasteiger charge is 2.18. The van der Waals surface area contributed by atoms with Gasteiger partial charge in [-0.15, -0.1) is 0 Å². The molecule has 1 unspecified atom stereocenters. The SMILES string of the molecule is CCCCCCCCCCCCCCCCCC(O)NCCCCOn1c(CCCC)nc2c(N)nc3ccccc3c21. The normalized spacial score (nSPS) is 12.4. The van der Waals surface area contributed by atoms with Gasteiger partial charge in [0.25, 0.3) is 0 Å². The summed E-state index contributed by atoms with van der Waals surface area (Å²) in [6, 6.07) is 8.02. The number of fused-ring (bicyclic) bond motifs is 3. The minimum Gasteiger partial charge on any atom is -0.412 e. The van der Waals surface area contributed by atoms with Crippen LogP contribution in [0.2, 0.25) is 0 Å². The highest BCUT2D eigenvalue weighted by molar-refractivity contribution is 6.06. The molecule has 4 N–H and O–H groups in total. The smallest absolute Gasteiger partial charge is 0.152 e. The third-order valence-corrected chi connectivity index (χ3v) is 8.55. The molecule has 1 atom stereocenters. The van der Waals surface area contributed by atoms with E-state index in [1.54, 1.807) is 0 Å². The van der Waals surface area contributed by atoms with Gasteiger partial charge >= 0.3 is 0 Å². The second-order valence-electron chi connectivity index (χ2n) is 12.4. The van der Waals surface area contributed by atoms with Gasteiger partial charge in [0, 0.05) is 11.8 Å². The third kappa shape index (κ3) is 12.6. The number of hydrogen-bond donors (Lipinski definition) is 3. The number of hydrogen-bond acceptors (Lipinski definition) is 6. The van der Waals surface area contributed by atoms with E-state index in [0.29, 0.717) is 17.9 Å². The summed E-state index contributed by atoms with van der Waals surface area (Å²) in [4.78, 5) is 15.7. The molecule has 3 aromatic rings. The molecule has 0 fully saturated rings. The number of benzene rings is 1. The Morgan fingerprint density at radius 2 is 1.37 bits per heavy atom. The van der Waals surface area contributed by atoms with Gasteiger partial charge in [0.15, 0.2) is 5.82 Å². The fraction of sp³-hybridized carbons (Fsp3) is 0.722. The fourth-order valence-electron chi connectivity index (χ4n) is 5.92. The number of nitrogens with zero attached hydrogens (tertiary/aromatic N) is 3. The van der Waals surface area contributed by atoms with Crippen molar-refractivity contribution in [1.29, 1.82) is 0 Å². The van der Waals surface area contributed by atoms with Crippen LogP contribution in [0.4, 0.5) is 5.82 Å². The first-order valence-electron chi connectivity index (χ1n) is 17.8. The number of nitrogens with two attached hydrogens (primary N) is 1. The molecule has 1 aromatic carbocycles. The van der Waals surface area contributed by atoms with Crippen molar-refractivity contribution in [3.8, 4) is 0 Å². The number of nitrogens with one attached hydrogen (secondary N) is 1. The van der Waals surface area contributed by atoms with Crippen LogP contribution in [-0.2, 0) is 6.42 Å². The van der Waals surface area contributed by atoms with E-state index in [1.807, 2.05) is 22.9 Å². The molecule has 0 aliphatic carbocycles. The van der Waals surface area contributed by atoms with Crippen molar-refractivity contribution >= 4 is 27.8 Å². The number of rotatable bonds is 26. The quantitative estimate of drug-likeness (QED) is 0.0633. The molecule has 0 spiro atoms. The van der Waals surface area contributed by atoms with Crippen LogP contribution in [0.5, 0.6) is 0 Å². The number of imidazole rings is 1. The summed E-state index contributed by atoms with van der Waals surface area (Å²) in [5.41, 5.74) is 8.76. The van der Waals surface area contributed by atoms with Crippen molar-refractivity contribution in [3.63, 3.8) is 0 Å². The Hall–Kier alpha value is -2.38. The molecule has 3 rings (SSSR count). The second kappa shape index (κ2) is 21.3. The van der Waals surface area contributed by atoms with Crippen LogP contribution in [0.15, 0.2) is 24.3 Å². The van der Waals surface area contributed by atoms with Crippen molar-refractivity contribution < 1.29 is 9.94 Å². The second-order valence-corrected chi connectivity index (χ2v) is 12.4. The Labute approximate surface area is 261 Å². The minimum absolute atomic E-state index is 0.414. The van der Waals surface area contributed by atoms with Gasteiger partial charge in [-0.2, -0.15) is 4.73 Å². The topological polar surface area (TPSA) is 98.2 Å². The zero-order chi connectivity index (χ0) is 30.5. The molecule has 43 heavy (non-hydrogen) atoms. The lowest BCUT2D eigenvalue weighted by molar-refractivity contribution is 0.103. The zero-order valence-corrected chi connectivity index (χ0v) is 27.4. The number of aromatic nitrogens is 3. The lowest BCUT2D eigenvalue weighted by Crippen LogP contribution is -2.29. The van der Waals surface area contributed by atoms with Crippen LogP contribution in [0.3, 0.4) is 0 Å². The number of nitrogen functional groups attached to an aromatic ring is 1. The molecular weight excluding hydrogens is 534 g/mol. The standard InChI is InChI=1S/C36H61N5O2/c1-3-5-7-8-9-10-11-12-13-14-15-16-17-18-19-27-33(42)38-28-22-23-29-43-41-32(26-6-4-2)40-34-35(41)30-24-20-21-25-31(30)39-36(34)37/h20-21,24-25,33,38,42H,3-19,22-23,26-29H2,1-2H3,(H2,37,39). The van der Waals surface area contributed by atoms with Gasteiger partial charge in [-0.05, 0) is 44.7 Å². The van der Waals surface area contributed by atoms with E-state index in [2.05, 4.69) is 30.2 Å². The molecule has 0 aliphatic heterocycles. The van der Waals surface area contributed by atoms with Crippen molar-refractivity contribution in [2.75, 3.05) is 18.9 Å². The van der Waals surface area contributed by atoms with E-state index in [9.17, 15) is 5.11 Å². The first-order valence-corrected chi connectivity index (χ1v) is 17.8. The summed E-state index contributed by atoms with van der Waals surface area (Å²) in [6.45, 7) is 5.84. The molecule has 0 saturated carbocycles. The lowest BCUT2D eigenvalue weighted by atomic mass is 10.0. The Bertz CT molecular complexity index is 1150. The maximum Gasteiger partial charge on any atom is 0.152 e. The molecule has 0 bridgehead atoms. The monoisotopic (exact) mass is 595 g/mol. The van der Waals surface area contributed by atoms with Crippen LogP contribution in [0.25, 0.3) is 21.9 Å².